The summed E-state index contributed by atoms with van der Waals surface area (Å²) in [4.78, 5) is 14.0. The van der Waals surface area contributed by atoms with Crippen molar-refractivity contribution in [3.8, 4) is 0 Å². The Hall–Kier alpha value is -2.20. The highest BCUT2D eigenvalue weighted by atomic mass is 32.1. The Bertz CT molecular complexity index is 762. The van der Waals surface area contributed by atoms with Crippen LogP contribution in [0.1, 0.15) is 0 Å². The van der Waals surface area contributed by atoms with Crippen molar-refractivity contribution in [2.24, 2.45) is 5.84 Å². The summed E-state index contributed by atoms with van der Waals surface area (Å²) >= 11 is 1.16. The number of thiazole rings is 1. The molecular formula is C12H15N7OS. The van der Waals surface area contributed by atoms with E-state index in [1.807, 2.05) is 18.2 Å². The first kappa shape index (κ1) is 13.8. The summed E-state index contributed by atoms with van der Waals surface area (Å²) in [6.07, 6.45) is 0.942. The molecule has 0 fully saturated rings. The Balaban J connectivity index is 1.94. The van der Waals surface area contributed by atoms with Crippen LogP contribution < -0.4 is 32.1 Å². The van der Waals surface area contributed by atoms with Gasteiger partial charge in [0.15, 0.2) is 0 Å². The van der Waals surface area contributed by atoms with Crippen LogP contribution in [0.3, 0.4) is 0 Å². The van der Waals surface area contributed by atoms with Crippen LogP contribution in [-0.4, -0.2) is 24.0 Å². The smallest absolute Gasteiger partial charge is 0.305 e. The summed E-state index contributed by atoms with van der Waals surface area (Å²) in [7, 11) is 0. The number of aromatic nitrogens is 1. The van der Waals surface area contributed by atoms with Crippen molar-refractivity contribution in [2.45, 2.75) is 6.17 Å². The van der Waals surface area contributed by atoms with E-state index in [0.29, 0.717) is 18.1 Å². The summed E-state index contributed by atoms with van der Waals surface area (Å²) in [6.45, 7) is 0.522. The number of benzene rings is 1. The molecular weight excluding hydrogens is 290 g/mol. The first-order valence-electron chi connectivity index (χ1n) is 6.29. The van der Waals surface area contributed by atoms with Gasteiger partial charge in [-0.25, -0.2) is 5.43 Å². The summed E-state index contributed by atoms with van der Waals surface area (Å²) in [5.41, 5.74) is 4.93. The van der Waals surface area contributed by atoms with Gasteiger partial charge in [-0.2, -0.15) is 0 Å². The van der Waals surface area contributed by atoms with Gasteiger partial charge in [0.1, 0.15) is 12.0 Å². The standard InChI is InChI=1S/C12H15N7OS/c13-4-7-10(15-5-16-11(7)19-14)17-6-1-2-8-9(3-6)21-12(20)18-8/h1-4,11,13,15-17,19H,5,14H2,(H,18,20). The molecule has 8 N–H and O–H groups in total. The summed E-state index contributed by atoms with van der Waals surface area (Å²) in [5, 5.41) is 16.9. The van der Waals surface area contributed by atoms with E-state index >= 15 is 0 Å². The Morgan fingerprint density at radius 2 is 2.33 bits per heavy atom. The minimum absolute atomic E-state index is 0.0751. The van der Waals surface area contributed by atoms with E-state index in [-0.39, 0.29) is 11.0 Å². The lowest BCUT2D eigenvalue weighted by Crippen LogP contribution is -2.55. The van der Waals surface area contributed by atoms with E-state index in [2.05, 4.69) is 26.4 Å². The minimum Gasteiger partial charge on any atom is -0.359 e. The molecule has 0 amide bonds. The lowest BCUT2D eigenvalue weighted by atomic mass is 10.2. The molecule has 1 aliphatic rings. The molecule has 21 heavy (non-hydrogen) atoms. The molecule has 9 heteroatoms. The highest BCUT2D eigenvalue weighted by molar-refractivity contribution is 7.16. The number of fused-ring (bicyclic) bond motifs is 1. The molecule has 0 bridgehead atoms. The Morgan fingerprint density at radius 3 is 3.10 bits per heavy atom. The lowest BCUT2D eigenvalue weighted by Gasteiger charge is -2.28. The Morgan fingerprint density at radius 1 is 1.48 bits per heavy atom. The molecule has 1 atom stereocenters. The van der Waals surface area contributed by atoms with E-state index < -0.39 is 0 Å². The van der Waals surface area contributed by atoms with Gasteiger partial charge in [-0.1, -0.05) is 11.3 Å². The molecule has 2 heterocycles. The average molecular weight is 305 g/mol. The van der Waals surface area contributed by atoms with E-state index in [0.717, 1.165) is 27.2 Å². The van der Waals surface area contributed by atoms with Gasteiger partial charge >= 0.3 is 4.87 Å². The van der Waals surface area contributed by atoms with Crippen LogP contribution in [0.2, 0.25) is 0 Å². The normalized spacial score (nSPS) is 18.6. The molecule has 2 aromatic rings. The van der Waals surface area contributed by atoms with Crippen molar-refractivity contribution < 1.29 is 0 Å². The zero-order valence-electron chi connectivity index (χ0n) is 11.0. The number of hydrogen-bond acceptors (Lipinski definition) is 8. The first-order chi connectivity index (χ1) is 10.2. The number of nitrogens with two attached hydrogens (primary N) is 1. The molecule has 3 rings (SSSR count). The third-order valence-electron chi connectivity index (χ3n) is 3.18. The largest absolute Gasteiger partial charge is 0.359 e. The maximum absolute atomic E-state index is 11.3. The van der Waals surface area contributed by atoms with Gasteiger partial charge in [0, 0.05) is 17.5 Å². The molecule has 1 unspecified atom stereocenters. The van der Waals surface area contributed by atoms with E-state index in [4.69, 9.17) is 11.3 Å². The molecule has 0 saturated heterocycles. The van der Waals surface area contributed by atoms with E-state index in [1.165, 1.54) is 6.21 Å². The fraction of sp³-hybridized carbons (Fsp3) is 0.167. The number of hydrazine groups is 1. The summed E-state index contributed by atoms with van der Waals surface area (Å²) < 4.78 is 0.879. The van der Waals surface area contributed by atoms with Gasteiger partial charge in [-0.3, -0.25) is 16.0 Å². The van der Waals surface area contributed by atoms with Gasteiger partial charge in [0.05, 0.1) is 16.9 Å². The maximum atomic E-state index is 11.3. The minimum atomic E-state index is -0.293. The van der Waals surface area contributed by atoms with Crippen molar-refractivity contribution in [2.75, 3.05) is 12.0 Å². The van der Waals surface area contributed by atoms with Crippen molar-refractivity contribution in [1.82, 2.24) is 21.0 Å². The average Bonchev–Trinajstić information content (AvgIpc) is 2.86. The van der Waals surface area contributed by atoms with Crippen molar-refractivity contribution in [3.63, 3.8) is 0 Å². The number of hydrogen-bond donors (Lipinski definition) is 7. The second-order valence-electron chi connectivity index (χ2n) is 4.48. The maximum Gasteiger partial charge on any atom is 0.305 e. The monoisotopic (exact) mass is 305 g/mol. The molecule has 0 radical (unpaired) electrons. The van der Waals surface area contributed by atoms with Gasteiger partial charge < -0.3 is 21.0 Å². The second kappa shape index (κ2) is 5.66. The molecule has 8 nitrogen and oxygen atoms in total. The zero-order valence-corrected chi connectivity index (χ0v) is 11.8. The predicted molar refractivity (Wildman–Crippen MR) is 84.1 cm³/mol. The second-order valence-corrected chi connectivity index (χ2v) is 5.50. The topological polar surface area (TPSA) is 131 Å². The fourth-order valence-electron chi connectivity index (χ4n) is 2.19. The highest BCUT2D eigenvalue weighted by Gasteiger charge is 2.19. The molecule has 0 saturated carbocycles. The molecule has 110 valence electrons. The van der Waals surface area contributed by atoms with Crippen molar-refractivity contribution in [1.29, 1.82) is 5.41 Å². The number of anilines is 1. The van der Waals surface area contributed by atoms with Gasteiger partial charge in [0.2, 0.25) is 0 Å². The highest BCUT2D eigenvalue weighted by Crippen LogP contribution is 2.21. The van der Waals surface area contributed by atoms with Crippen LogP contribution in [0.5, 0.6) is 0 Å². The SMILES string of the molecule is N=CC1=C(Nc2ccc3[nH]c(=O)sc3c2)NCNC1NN. The first-order valence-corrected chi connectivity index (χ1v) is 7.11. The van der Waals surface area contributed by atoms with Gasteiger partial charge in [-0.15, -0.1) is 0 Å². The molecule has 0 aliphatic carbocycles. The summed E-state index contributed by atoms with van der Waals surface area (Å²) in [5.74, 6) is 6.16. The van der Waals surface area contributed by atoms with Crippen molar-refractivity contribution in [3.05, 3.63) is 39.3 Å². The van der Waals surface area contributed by atoms with Crippen LogP contribution in [-0.2, 0) is 0 Å². The number of aromatic amines is 1. The summed E-state index contributed by atoms with van der Waals surface area (Å²) in [6, 6.07) is 5.61. The fourth-order valence-corrected chi connectivity index (χ4v) is 2.96. The van der Waals surface area contributed by atoms with Gasteiger partial charge in [-0.05, 0) is 18.2 Å². The number of nitrogens with one attached hydrogen (secondary N) is 6. The molecule has 1 aromatic carbocycles. The number of H-pyrrole nitrogens is 1. The Kier molecular flexibility index (Phi) is 3.71. The van der Waals surface area contributed by atoms with Crippen LogP contribution in [0.4, 0.5) is 5.69 Å². The van der Waals surface area contributed by atoms with Crippen LogP contribution >= 0.6 is 11.3 Å². The third-order valence-corrected chi connectivity index (χ3v) is 4.03. The Labute approximate surface area is 123 Å². The third kappa shape index (κ3) is 2.67. The molecule has 1 aliphatic heterocycles. The molecule has 0 spiro atoms. The van der Waals surface area contributed by atoms with Gasteiger partial charge in [0.25, 0.3) is 0 Å². The van der Waals surface area contributed by atoms with Crippen LogP contribution in [0.25, 0.3) is 10.2 Å². The quantitative estimate of drug-likeness (QED) is 0.238. The van der Waals surface area contributed by atoms with Crippen LogP contribution in [0, 0.1) is 5.41 Å². The zero-order chi connectivity index (χ0) is 14.8. The lowest BCUT2D eigenvalue weighted by molar-refractivity contribution is 0.453. The predicted octanol–water partition coefficient (Wildman–Crippen LogP) is -0.198. The van der Waals surface area contributed by atoms with Crippen molar-refractivity contribution >= 4 is 33.5 Å². The molecule has 1 aromatic heterocycles. The number of rotatable bonds is 4. The van der Waals surface area contributed by atoms with E-state index in [1.54, 1.807) is 0 Å². The van der Waals surface area contributed by atoms with E-state index in [9.17, 15) is 4.79 Å². The van der Waals surface area contributed by atoms with Crippen LogP contribution in [0.15, 0.2) is 34.4 Å².